The van der Waals surface area contributed by atoms with Crippen LogP contribution in [0, 0.1) is 19.7 Å². The highest BCUT2D eigenvalue weighted by Gasteiger charge is 2.24. The standard InChI is InChI=1S/C22H27FN2O3/c1-15-8-7-11-20(17(15)3)24-21(26)12-22(27)25(16(2)14-28-4)13-18-9-5-6-10-19(18)23/h5-11,16H,12-14H2,1-4H3,(H,24,26)/t16-/m1/s1. The van der Waals surface area contributed by atoms with E-state index in [9.17, 15) is 14.0 Å². The molecule has 1 atom stereocenters. The number of aryl methyl sites for hydroxylation is 1. The lowest BCUT2D eigenvalue weighted by Gasteiger charge is -2.29. The van der Waals surface area contributed by atoms with E-state index in [1.165, 1.54) is 18.1 Å². The Morgan fingerprint density at radius 2 is 1.86 bits per heavy atom. The first-order valence-electron chi connectivity index (χ1n) is 9.21. The Kier molecular flexibility index (Phi) is 7.70. The van der Waals surface area contributed by atoms with E-state index < -0.39 is 5.91 Å². The number of anilines is 1. The SMILES string of the molecule is COC[C@@H](C)N(Cc1ccccc1F)C(=O)CC(=O)Nc1cccc(C)c1C. The summed E-state index contributed by atoms with van der Waals surface area (Å²) >= 11 is 0. The molecule has 0 saturated carbocycles. The maximum Gasteiger partial charge on any atom is 0.233 e. The molecule has 1 N–H and O–H groups in total. The van der Waals surface area contributed by atoms with E-state index in [-0.39, 0.29) is 30.7 Å². The topological polar surface area (TPSA) is 58.6 Å². The van der Waals surface area contributed by atoms with Crippen LogP contribution in [0.2, 0.25) is 0 Å². The van der Waals surface area contributed by atoms with Gasteiger partial charge < -0.3 is 15.0 Å². The van der Waals surface area contributed by atoms with E-state index in [0.29, 0.717) is 17.9 Å². The van der Waals surface area contributed by atoms with Crippen LogP contribution in [0.15, 0.2) is 42.5 Å². The van der Waals surface area contributed by atoms with E-state index >= 15 is 0 Å². The first kappa shape index (κ1) is 21.6. The fourth-order valence-electron chi connectivity index (χ4n) is 2.95. The summed E-state index contributed by atoms with van der Waals surface area (Å²) in [5, 5.41) is 2.79. The minimum atomic E-state index is -0.401. The van der Waals surface area contributed by atoms with Crippen molar-refractivity contribution >= 4 is 17.5 Å². The summed E-state index contributed by atoms with van der Waals surface area (Å²) in [5.41, 5.74) is 3.09. The fraction of sp³-hybridized carbons (Fsp3) is 0.364. The molecule has 0 heterocycles. The van der Waals surface area contributed by atoms with Crippen LogP contribution in [0.1, 0.15) is 30.0 Å². The number of hydrogen-bond acceptors (Lipinski definition) is 3. The average molecular weight is 386 g/mol. The Morgan fingerprint density at radius 1 is 1.14 bits per heavy atom. The van der Waals surface area contributed by atoms with E-state index in [1.807, 2.05) is 32.9 Å². The molecular formula is C22H27FN2O3. The van der Waals surface area contributed by atoms with Crippen molar-refractivity contribution in [1.29, 1.82) is 0 Å². The van der Waals surface area contributed by atoms with Crippen molar-refractivity contribution < 1.29 is 18.7 Å². The molecule has 2 aromatic rings. The van der Waals surface area contributed by atoms with Crippen molar-refractivity contribution in [1.82, 2.24) is 4.90 Å². The predicted octanol–water partition coefficient (Wildman–Crippen LogP) is 3.83. The molecule has 0 saturated heterocycles. The highest BCUT2D eigenvalue weighted by molar-refractivity contribution is 6.04. The Bertz CT molecular complexity index is 838. The maximum absolute atomic E-state index is 14.0. The predicted molar refractivity (Wildman–Crippen MR) is 107 cm³/mol. The number of halogens is 1. The van der Waals surface area contributed by atoms with Gasteiger partial charge in [0.1, 0.15) is 12.2 Å². The molecule has 0 unspecified atom stereocenters. The average Bonchev–Trinajstić information content (AvgIpc) is 2.64. The van der Waals surface area contributed by atoms with Crippen molar-refractivity contribution in [2.24, 2.45) is 0 Å². The fourth-order valence-corrected chi connectivity index (χ4v) is 2.95. The molecular weight excluding hydrogens is 359 g/mol. The van der Waals surface area contributed by atoms with Crippen molar-refractivity contribution in [3.63, 3.8) is 0 Å². The summed E-state index contributed by atoms with van der Waals surface area (Å²) in [4.78, 5) is 26.7. The van der Waals surface area contributed by atoms with Gasteiger partial charge in [0.25, 0.3) is 0 Å². The second kappa shape index (κ2) is 9.99. The lowest BCUT2D eigenvalue weighted by atomic mass is 10.1. The highest BCUT2D eigenvalue weighted by atomic mass is 19.1. The van der Waals surface area contributed by atoms with Crippen molar-refractivity contribution in [2.45, 2.75) is 39.8 Å². The first-order valence-corrected chi connectivity index (χ1v) is 9.21. The van der Waals surface area contributed by atoms with Crippen molar-refractivity contribution in [3.05, 3.63) is 65.0 Å². The molecule has 0 bridgehead atoms. The number of nitrogens with one attached hydrogen (secondary N) is 1. The van der Waals surface area contributed by atoms with Crippen LogP contribution in [0.3, 0.4) is 0 Å². The summed E-state index contributed by atoms with van der Waals surface area (Å²) in [7, 11) is 1.54. The summed E-state index contributed by atoms with van der Waals surface area (Å²) in [6.07, 6.45) is -0.324. The molecule has 6 heteroatoms. The minimum Gasteiger partial charge on any atom is -0.383 e. The van der Waals surface area contributed by atoms with E-state index in [4.69, 9.17) is 4.74 Å². The van der Waals surface area contributed by atoms with Gasteiger partial charge in [-0.25, -0.2) is 4.39 Å². The largest absolute Gasteiger partial charge is 0.383 e. The summed E-state index contributed by atoms with van der Waals surface area (Å²) in [6.45, 7) is 6.05. The van der Waals surface area contributed by atoms with E-state index in [0.717, 1.165) is 11.1 Å². The first-order chi connectivity index (χ1) is 13.3. The normalized spacial score (nSPS) is 11.8. The molecule has 2 amide bonds. The van der Waals surface area contributed by atoms with Gasteiger partial charge in [0, 0.05) is 24.9 Å². The van der Waals surface area contributed by atoms with Gasteiger partial charge in [-0.3, -0.25) is 9.59 Å². The van der Waals surface area contributed by atoms with Crippen LogP contribution >= 0.6 is 0 Å². The third-order valence-electron chi connectivity index (χ3n) is 4.75. The number of rotatable bonds is 8. The molecule has 0 aromatic heterocycles. The summed E-state index contributed by atoms with van der Waals surface area (Å²) in [6, 6.07) is 11.6. The molecule has 0 radical (unpaired) electrons. The monoisotopic (exact) mass is 386 g/mol. The zero-order valence-electron chi connectivity index (χ0n) is 16.8. The molecule has 0 fully saturated rings. The molecule has 0 aliphatic heterocycles. The van der Waals surface area contributed by atoms with Gasteiger partial charge in [-0.2, -0.15) is 0 Å². The molecule has 150 valence electrons. The molecule has 5 nitrogen and oxygen atoms in total. The van der Waals surface area contributed by atoms with E-state index in [2.05, 4.69) is 5.32 Å². The number of methoxy groups -OCH3 is 1. The van der Waals surface area contributed by atoms with Crippen LogP contribution in [0.4, 0.5) is 10.1 Å². The summed E-state index contributed by atoms with van der Waals surface area (Å²) < 4.78 is 19.2. The number of amides is 2. The molecule has 2 rings (SSSR count). The zero-order valence-corrected chi connectivity index (χ0v) is 16.8. The van der Waals surface area contributed by atoms with Gasteiger partial charge in [0.15, 0.2) is 0 Å². The van der Waals surface area contributed by atoms with Gasteiger partial charge in [-0.05, 0) is 44.0 Å². The van der Waals surface area contributed by atoms with Gasteiger partial charge in [0.05, 0.1) is 12.6 Å². The number of nitrogens with zero attached hydrogens (tertiary/aromatic N) is 1. The van der Waals surface area contributed by atoms with Crippen molar-refractivity contribution in [3.8, 4) is 0 Å². The Labute approximate surface area is 165 Å². The van der Waals surface area contributed by atoms with Gasteiger partial charge >= 0.3 is 0 Å². The number of ether oxygens (including phenoxy) is 1. The smallest absolute Gasteiger partial charge is 0.233 e. The van der Waals surface area contributed by atoms with Crippen LogP contribution in [-0.2, 0) is 20.9 Å². The Balaban J connectivity index is 2.11. The van der Waals surface area contributed by atoms with Crippen LogP contribution < -0.4 is 5.32 Å². The van der Waals surface area contributed by atoms with Crippen LogP contribution in [0.25, 0.3) is 0 Å². The second-order valence-corrected chi connectivity index (χ2v) is 6.89. The molecule has 0 spiro atoms. The lowest BCUT2D eigenvalue weighted by Crippen LogP contribution is -2.42. The van der Waals surface area contributed by atoms with Crippen LogP contribution in [-0.4, -0.2) is 36.5 Å². The van der Waals surface area contributed by atoms with Gasteiger partial charge in [0.2, 0.25) is 11.8 Å². The molecule has 0 aliphatic carbocycles. The quantitative estimate of drug-likeness (QED) is 0.702. The van der Waals surface area contributed by atoms with Gasteiger partial charge in [-0.15, -0.1) is 0 Å². The van der Waals surface area contributed by atoms with Crippen LogP contribution in [0.5, 0.6) is 0 Å². The minimum absolute atomic E-state index is 0.0762. The lowest BCUT2D eigenvalue weighted by molar-refractivity contribution is -0.137. The Hall–Kier alpha value is -2.73. The third-order valence-corrected chi connectivity index (χ3v) is 4.75. The number of benzene rings is 2. The zero-order chi connectivity index (χ0) is 20.7. The number of carbonyl (C=O) groups is 2. The number of carbonyl (C=O) groups excluding carboxylic acids is 2. The molecule has 2 aromatic carbocycles. The molecule has 28 heavy (non-hydrogen) atoms. The third kappa shape index (κ3) is 5.63. The number of hydrogen-bond donors (Lipinski definition) is 1. The summed E-state index contributed by atoms with van der Waals surface area (Å²) in [5.74, 6) is -1.16. The molecule has 0 aliphatic rings. The second-order valence-electron chi connectivity index (χ2n) is 6.89. The Morgan fingerprint density at radius 3 is 2.54 bits per heavy atom. The van der Waals surface area contributed by atoms with Crippen molar-refractivity contribution in [2.75, 3.05) is 19.0 Å². The maximum atomic E-state index is 14.0. The highest BCUT2D eigenvalue weighted by Crippen LogP contribution is 2.19. The van der Waals surface area contributed by atoms with Gasteiger partial charge in [-0.1, -0.05) is 30.3 Å². The van der Waals surface area contributed by atoms with E-state index in [1.54, 1.807) is 24.3 Å².